The van der Waals surface area contributed by atoms with Gasteiger partial charge in [0.05, 0.1) is 22.1 Å². The highest BCUT2D eigenvalue weighted by molar-refractivity contribution is 7.91. The SMILES string of the molecule is COCCNC(=O)c1cc2c(s1)-c1ccccc1S(=O)(=O)C2. The smallest absolute Gasteiger partial charge is 0.261 e. The highest BCUT2D eigenvalue weighted by Crippen LogP contribution is 2.42. The van der Waals surface area contributed by atoms with Gasteiger partial charge in [0.25, 0.3) is 5.91 Å². The second kappa shape index (κ2) is 5.83. The van der Waals surface area contributed by atoms with Crippen molar-refractivity contribution in [2.75, 3.05) is 20.3 Å². The maximum atomic E-state index is 12.3. The van der Waals surface area contributed by atoms with Crippen molar-refractivity contribution in [1.82, 2.24) is 5.32 Å². The van der Waals surface area contributed by atoms with Crippen LogP contribution in [0.5, 0.6) is 0 Å². The van der Waals surface area contributed by atoms with E-state index < -0.39 is 9.84 Å². The van der Waals surface area contributed by atoms with Gasteiger partial charge in [-0.1, -0.05) is 18.2 Å². The van der Waals surface area contributed by atoms with Crippen molar-refractivity contribution in [3.63, 3.8) is 0 Å². The first-order valence-electron chi connectivity index (χ1n) is 6.75. The van der Waals surface area contributed by atoms with E-state index in [0.29, 0.717) is 34.1 Å². The molecule has 0 spiro atoms. The van der Waals surface area contributed by atoms with Gasteiger partial charge in [-0.25, -0.2) is 8.42 Å². The summed E-state index contributed by atoms with van der Waals surface area (Å²) < 4.78 is 29.5. The number of benzene rings is 1. The van der Waals surface area contributed by atoms with Crippen molar-refractivity contribution in [1.29, 1.82) is 0 Å². The van der Waals surface area contributed by atoms with E-state index in [4.69, 9.17) is 4.74 Å². The van der Waals surface area contributed by atoms with Gasteiger partial charge in [0.2, 0.25) is 0 Å². The molecule has 1 aliphatic heterocycles. The van der Waals surface area contributed by atoms with Crippen LogP contribution >= 0.6 is 11.3 Å². The molecule has 5 nitrogen and oxygen atoms in total. The summed E-state index contributed by atoms with van der Waals surface area (Å²) in [4.78, 5) is 13.8. The van der Waals surface area contributed by atoms with Gasteiger partial charge in [-0.05, 0) is 17.7 Å². The van der Waals surface area contributed by atoms with Crippen LogP contribution in [0, 0.1) is 0 Å². The normalized spacial score (nSPS) is 15.0. The van der Waals surface area contributed by atoms with Crippen LogP contribution in [-0.2, 0) is 20.3 Å². The molecule has 0 atom stereocenters. The Kier molecular flexibility index (Phi) is 4.03. The zero-order valence-corrected chi connectivity index (χ0v) is 13.6. The van der Waals surface area contributed by atoms with Crippen molar-refractivity contribution in [2.45, 2.75) is 10.6 Å². The minimum absolute atomic E-state index is 0.0544. The first-order chi connectivity index (χ1) is 10.5. The molecule has 1 N–H and O–H groups in total. The summed E-state index contributed by atoms with van der Waals surface area (Å²) in [5.74, 6) is -0.257. The fourth-order valence-electron chi connectivity index (χ4n) is 2.44. The zero-order chi connectivity index (χ0) is 15.7. The topological polar surface area (TPSA) is 72.5 Å². The predicted octanol–water partition coefficient (Wildman–Crippen LogP) is 2.08. The summed E-state index contributed by atoms with van der Waals surface area (Å²) in [6.07, 6.45) is 0. The van der Waals surface area contributed by atoms with Crippen LogP contribution < -0.4 is 5.32 Å². The van der Waals surface area contributed by atoms with E-state index in [1.807, 2.05) is 6.07 Å². The van der Waals surface area contributed by atoms with Crippen LogP contribution in [0.25, 0.3) is 10.4 Å². The standard InChI is InChI=1S/C15H15NO4S2/c1-20-7-6-16-15(17)12-8-10-9-22(18,19)13-5-3-2-4-11(13)14(10)21-12/h2-5,8H,6-7,9H2,1H3,(H,16,17). The molecule has 0 aliphatic carbocycles. The number of rotatable bonds is 4. The van der Waals surface area contributed by atoms with Gasteiger partial charge in [0, 0.05) is 24.1 Å². The molecule has 1 aliphatic rings. The third kappa shape index (κ3) is 2.67. The number of carbonyl (C=O) groups excluding carboxylic acids is 1. The fraction of sp³-hybridized carbons (Fsp3) is 0.267. The van der Waals surface area contributed by atoms with E-state index >= 15 is 0 Å². The summed E-state index contributed by atoms with van der Waals surface area (Å²) in [6.45, 7) is 0.862. The molecule has 2 heterocycles. The lowest BCUT2D eigenvalue weighted by Crippen LogP contribution is -2.26. The van der Waals surface area contributed by atoms with Crippen molar-refractivity contribution in [3.05, 3.63) is 40.8 Å². The summed E-state index contributed by atoms with van der Waals surface area (Å²) in [5, 5.41) is 2.75. The highest BCUT2D eigenvalue weighted by atomic mass is 32.2. The zero-order valence-electron chi connectivity index (χ0n) is 12.0. The summed E-state index contributed by atoms with van der Waals surface area (Å²) >= 11 is 1.33. The van der Waals surface area contributed by atoms with Crippen molar-refractivity contribution in [3.8, 4) is 10.4 Å². The maximum absolute atomic E-state index is 12.3. The first-order valence-corrected chi connectivity index (χ1v) is 9.22. The molecule has 0 saturated heterocycles. The Morgan fingerprint density at radius 2 is 2.14 bits per heavy atom. The predicted molar refractivity (Wildman–Crippen MR) is 84.9 cm³/mol. The highest BCUT2D eigenvalue weighted by Gasteiger charge is 2.30. The number of fused-ring (bicyclic) bond motifs is 3. The van der Waals surface area contributed by atoms with Crippen LogP contribution in [0.2, 0.25) is 0 Å². The summed E-state index contributed by atoms with van der Waals surface area (Å²) in [7, 11) is -1.77. The Balaban J connectivity index is 1.97. The number of thiophene rings is 1. The van der Waals surface area contributed by atoms with Crippen LogP contribution in [0.3, 0.4) is 0 Å². The average Bonchev–Trinajstić information content (AvgIpc) is 2.91. The number of nitrogens with one attached hydrogen (secondary N) is 1. The fourth-order valence-corrected chi connectivity index (χ4v) is 5.31. The Labute approximate surface area is 132 Å². The monoisotopic (exact) mass is 337 g/mol. The van der Waals surface area contributed by atoms with E-state index in [0.717, 1.165) is 4.88 Å². The molecule has 0 saturated carbocycles. The molecule has 22 heavy (non-hydrogen) atoms. The Bertz CT molecular complexity index is 824. The van der Waals surface area contributed by atoms with E-state index in [1.165, 1.54) is 11.3 Å². The van der Waals surface area contributed by atoms with Crippen LogP contribution in [0.15, 0.2) is 35.2 Å². The number of carbonyl (C=O) groups is 1. The molecule has 1 aromatic heterocycles. The second-order valence-electron chi connectivity index (χ2n) is 4.97. The van der Waals surface area contributed by atoms with Crippen LogP contribution in [-0.4, -0.2) is 34.6 Å². The molecular formula is C15H15NO4S2. The van der Waals surface area contributed by atoms with Crippen LogP contribution in [0.1, 0.15) is 15.2 Å². The van der Waals surface area contributed by atoms with E-state index in [-0.39, 0.29) is 11.7 Å². The average molecular weight is 337 g/mol. The van der Waals surface area contributed by atoms with E-state index in [9.17, 15) is 13.2 Å². The lowest BCUT2D eigenvalue weighted by atomic mass is 10.1. The van der Waals surface area contributed by atoms with Crippen molar-refractivity contribution < 1.29 is 17.9 Å². The van der Waals surface area contributed by atoms with Crippen molar-refractivity contribution >= 4 is 27.1 Å². The number of hydrogen-bond donors (Lipinski definition) is 1. The summed E-state index contributed by atoms with van der Waals surface area (Å²) in [6, 6.07) is 8.60. The minimum atomic E-state index is -3.33. The third-order valence-corrected chi connectivity index (χ3v) is 6.36. The summed E-state index contributed by atoms with van der Waals surface area (Å²) in [5.41, 5.74) is 1.38. The van der Waals surface area contributed by atoms with Gasteiger partial charge in [-0.15, -0.1) is 11.3 Å². The van der Waals surface area contributed by atoms with Gasteiger partial charge < -0.3 is 10.1 Å². The largest absolute Gasteiger partial charge is 0.383 e. The van der Waals surface area contributed by atoms with Crippen LogP contribution in [0.4, 0.5) is 0 Å². The Morgan fingerprint density at radius 3 is 2.91 bits per heavy atom. The quantitative estimate of drug-likeness (QED) is 0.867. The van der Waals surface area contributed by atoms with Gasteiger partial charge in [-0.2, -0.15) is 0 Å². The van der Waals surface area contributed by atoms with Gasteiger partial charge >= 0.3 is 0 Å². The molecule has 0 fully saturated rings. The first kappa shape index (κ1) is 15.2. The van der Waals surface area contributed by atoms with E-state index in [1.54, 1.807) is 31.4 Å². The molecule has 3 rings (SSSR count). The number of hydrogen-bond acceptors (Lipinski definition) is 5. The molecule has 0 radical (unpaired) electrons. The number of methoxy groups -OCH3 is 1. The molecule has 1 amide bonds. The minimum Gasteiger partial charge on any atom is -0.383 e. The number of ether oxygens (including phenoxy) is 1. The molecule has 116 valence electrons. The van der Waals surface area contributed by atoms with Gasteiger partial charge in [0.15, 0.2) is 9.84 Å². The van der Waals surface area contributed by atoms with E-state index in [2.05, 4.69) is 5.32 Å². The second-order valence-corrected chi connectivity index (χ2v) is 7.98. The Morgan fingerprint density at radius 1 is 1.36 bits per heavy atom. The molecule has 7 heteroatoms. The molecular weight excluding hydrogens is 322 g/mol. The maximum Gasteiger partial charge on any atom is 0.261 e. The Hall–Kier alpha value is -1.70. The lowest BCUT2D eigenvalue weighted by Gasteiger charge is -2.15. The number of sulfone groups is 1. The number of amides is 1. The molecule has 0 unspecified atom stereocenters. The van der Waals surface area contributed by atoms with Crippen molar-refractivity contribution in [2.24, 2.45) is 0 Å². The molecule has 0 bridgehead atoms. The molecule has 2 aromatic rings. The van der Waals surface area contributed by atoms with Gasteiger partial charge in [-0.3, -0.25) is 4.79 Å². The molecule has 1 aromatic carbocycles. The third-order valence-electron chi connectivity index (χ3n) is 3.44. The van der Waals surface area contributed by atoms with Gasteiger partial charge in [0.1, 0.15) is 0 Å². The lowest BCUT2D eigenvalue weighted by molar-refractivity contribution is 0.0941.